The van der Waals surface area contributed by atoms with Gasteiger partial charge >= 0.3 is 0 Å². The van der Waals surface area contributed by atoms with Gasteiger partial charge in [-0.2, -0.15) is 8.42 Å². The van der Waals surface area contributed by atoms with Crippen molar-refractivity contribution in [2.75, 3.05) is 0 Å². The largest absolute Gasteiger partial charge is 0.506 e. The summed E-state index contributed by atoms with van der Waals surface area (Å²) in [6.45, 7) is 4.46. The van der Waals surface area contributed by atoms with Crippen LogP contribution in [0.1, 0.15) is 25.8 Å². The number of hydrogen-bond donors (Lipinski definition) is 2. The molecule has 4 rings (SSSR count). The zero-order valence-electron chi connectivity index (χ0n) is 16.3. The van der Waals surface area contributed by atoms with Crippen molar-refractivity contribution >= 4 is 32.5 Å². The Kier molecular flexibility index (Phi) is 4.83. The number of rotatable bonds is 4. The van der Waals surface area contributed by atoms with Crippen molar-refractivity contribution in [3.8, 4) is 5.75 Å². The molecule has 2 aromatic rings. The minimum Gasteiger partial charge on any atom is -0.506 e. The zero-order chi connectivity index (χ0) is 21.6. The van der Waals surface area contributed by atoms with Crippen LogP contribution in [0.5, 0.6) is 5.75 Å². The topological polar surface area (TPSA) is 125 Å². The Labute approximate surface area is 172 Å². The molecule has 0 saturated heterocycles. The maximum Gasteiger partial charge on any atom is 0.288 e. The first-order chi connectivity index (χ1) is 14.2. The first kappa shape index (κ1) is 20.0. The van der Waals surface area contributed by atoms with Crippen LogP contribution < -0.4 is 5.56 Å². The van der Waals surface area contributed by atoms with Gasteiger partial charge in [-0.25, -0.2) is 10.1 Å². The van der Waals surface area contributed by atoms with E-state index in [4.69, 9.17) is 0 Å². The van der Waals surface area contributed by atoms with Crippen LogP contribution >= 0.6 is 0 Å². The van der Waals surface area contributed by atoms with Crippen LogP contribution in [0.25, 0.3) is 10.9 Å². The molecule has 0 fully saturated rings. The second-order valence-corrected chi connectivity index (χ2v) is 9.03. The summed E-state index contributed by atoms with van der Waals surface area (Å²) in [5, 5.41) is 21.4. The van der Waals surface area contributed by atoms with Crippen molar-refractivity contribution in [3.05, 3.63) is 63.6 Å². The molecule has 156 valence electrons. The summed E-state index contributed by atoms with van der Waals surface area (Å²) in [5.41, 5.74) is -0.273. The van der Waals surface area contributed by atoms with Gasteiger partial charge in [-0.05, 0) is 30.5 Å². The molecule has 30 heavy (non-hydrogen) atoms. The number of nitrogens with zero attached hydrogens (tertiary/aromatic N) is 4. The highest BCUT2D eigenvalue weighted by Crippen LogP contribution is 2.30. The van der Waals surface area contributed by atoms with E-state index in [1.54, 1.807) is 24.3 Å². The molecular weight excluding hydrogens is 408 g/mol. The van der Waals surface area contributed by atoms with E-state index >= 15 is 0 Å². The minimum absolute atomic E-state index is 0.0194. The van der Waals surface area contributed by atoms with E-state index in [0.717, 1.165) is 12.6 Å². The summed E-state index contributed by atoms with van der Waals surface area (Å²) in [7, 11) is -4.23. The third-order valence-corrected chi connectivity index (χ3v) is 6.18. The SMILES string of the molecule is CC(C)CCn1c(=O)c(C2=NS(=O)(=O)C3=CN(O)C=CC3=N2)c(O)c2ccccc21. The molecule has 2 N–H and O–H groups in total. The van der Waals surface area contributed by atoms with Crippen LogP contribution in [0.3, 0.4) is 0 Å². The van der Waals surface area contributed by atoms with Crippen molar-refractivity contribution < 1.29 is 18.7 Å². The number of pyridine rings is 1. The highest BCUT2D eigenvalue weighted by Gasteiger charge is 2.32. The number of fused-ring (bicyclic) bond motifs is 2. The highest BCUT2D eigenvalue weighted by molar-refractivity contribution is 7.95. The molecule has 2 aliphatic heterocycles. The van der Waals surface area contributed by atoms with Crippen molar-refractivity contribution in [3.63, 3.8) is 0 Å². The van der Waals surface area contributed by atoms with Gasteiger partial charge in [0.2, 0.25) is 0 Å². The van der Waals surface area contributed by atoms with Gasteiger partial charge in [0, 0.05) is 18.1 Å². The van der Waals surface area contributed by atoms with Gasteiger partial charge in [-0.15, -0.1) is 4.40 Å². The Morgan fingerprint density at radius 2 is 1.93 bits per heavy atom. The van der Waals surface area contributed by atoms with Crippen LogP contribution in [0.15, 0.2) is 61.8 Å². The first-order valence-electron chi connectivity index (χ1n) is 9.35. The molecule has 0 spiro atoms. The quantitative estimate of drug-likeness (QED) is 0.770. The van der Waals surface area contributed by atoms with Gasteiger partial charge < -0.3 is 9.67 Å². The predicted octanol–water partition coefficient (Wildman–Crippen LogP) is 2.34. The number of benzene rings is 1. The normalized spacial score (nSPS) is 17.6. The van der Waals surface area contributed by atoms with Crippen LogP contribution in [-0.2, 0) is 16.6 Å². The summed E-state index contributed by atoms with van der Waals surface area (Å²) in [5.74, 6) is -0.419. The van der Waals surface area contributed by atoms with Crippen molar-refractivity contribution in [1.29, 1.82) is 0 Å². The number of aryl methyl sites for hydroxylation is 1. The number of para-hydroxylation sites is 1. The van der Waals surface area contributed by atoms with E-state index in [0.29, 0.717) is 28.4 Å². The molecule has 1 aromatic heterocycles. The van der Waals surface area contributed by atoms with Crippen molar-refractivity contribution in [2.24, 2.45) is 15.3 Å². The lowest BCUT2D eigenvalue weighted by Crippen LogP contribution is -2.31. The van der Waals surface area contributed by atoms with Gasteiger partial charge in [0.1, 0.15) is 16.2 Å². The number of allylic oxidation sites excluding steroid dienone is 2. The molecule has 0 amide bonds. The molecule has 0 aliphatic carbocycles. The summed E-state index contributed by atoms with van der Waals surface area (Å²) in [6.07, 6.45) is 4.18. The van der Waals surface area contributed by atoms with Gasteiger partial charge in [0.15, 0.2) is 5.84 Å². The van der Waals surface area contributed by atoms with E-state index in [1.807, 2.05) is 13.8 Å². The molecule has 2 aliphatic rings. The monoisotopic (exact) mass is 428 g/mol. The maximum absolute atomic E-state index is 13.3. The molecule has 0 atom stereocenters. The lowest BCUT2D eigenvalue weighted by Gasteiger charge is -2.20. The fourth-order valence-corrected chi connectivity index (χ4v) is 4.43. The Hall–Kier alpha value is -3.24. The highest BCUT2D eigenvalue weighted by atomic mass is 32.2. The van der Waals surface area contributed by atoms with Crippen molar-refractivity contribution in [2.45, 2.75) is 26.8 Å². The standard InChI is InChI=1S/C20H20N4O5S/c1-12(2)7-10-24-15-6-4-3-5-13(15)18(25)17(20(24)26)19-21-14-8-9-23(27)11-16(14)30(28,29)22-19/h3-6,8-9,11-12,25,27H,7,10H2,1-2H3. The number of amidine groups is 1. The molecule has 0 unspecified atom stereocenters. The molecule has 0 radical (unpaired) electrons. The number of hydrogen-bond acceptors (Lipinski definition) is 7. The Bertz CT molecular complexity index is 1330. The second-order valence-electron chi connectivity index (χ2n) is 7.46. The average Bonchev–Trinajstić information content (AvgIpc) is 2.68. The zero-order valence-corrected chi connectivity index (χ0v) is 17.2. The minimum atomic E-state index is -4.23. The third-order valence-electron chi connectivity index (χ3n) is 4.90. The van der Waals surface area contributed by atoms with Crippen molar-refractivity contribution in [1.82, 2.24) is 9.63 Å². The average molecular weight is 428 g/mol. The van der Waals surface area contributed by atoms with Gasteiger partial charge in [0.25, 0.3) is 15.6 Å². The molecule has 0 saturated carbocycles. The van der Waals surface area contributed by atoms with E-state index in [-0.39, 0.29) is 27.8 Å². The van der Waals surface area contributed by atoms with Crippen LogP contribution in [0.4, 0.5) is 0 Å². The fraction of sp³-hybridized carbons (Fsp3) is 0.250. The van der Waals surface area contributed by atoms with Gasteiger partial charge in [-0.1, -0.05) is 26.0 Å². The number of sulfonamides is 1. The fourth-order valence-electron chi connectivity index (χ4n) is 3.35. The summed E-state index contributed by atoms with van der Waals surface area (Å²) in [4.78, 5) is 17.2. The second kappa shape index (κ2) is 7.22. The molecule has 0 bridgehead atoms. The van der Waals surface area contributed by atoms with Crippen LogP contribution in [0.2, 0.25) is 0 Å². The Balaban J connectivity index is 1.98. The summed E-state index contributed by atoms with van der Waals surface area (Å²) < 4.78 is 30.4. The first-order valence-corrected chi connectivity index (χ1v) is 10.8. The Morgan fingerprint density at radius 3 is 2.67 bits per heavy atom. The van der Waals surface area contributed by atoms with Gasteiger partial charge in [-0.3, -0.25) is 10.0 Å². The molecular formula is C20H20N4O5S. The molecule has 3 heterocycles. The lowest BCUT2D eigenvalue weighted by molar-refractivity contribution is 0.0108. The molecule has 9 nitrogen and oxygen atoms in total. The Morgan fingerprint density at radius 1 is 1.20 bits per heavy atom. The van der Waals surface area contributed by atoms with E-state index in [2.05, 4.69) is 9.39 Å². The van der Waals surface area contributed by atoms with Gasteiger partial charge in [0.05, 0.1) is 17.4 Å². The maximum atomic E-state index is 13.3. The molecule has 10 heteroatoms. The van der Waals surface area contributed by atoms with Crippen LogP contribution in [0, 0.1) is 5.92 Å². The number of aromatic hydroxyl groups is 1. The number of hydroxylamine groups is 2. The van der Waals surface area contributed by atoms with E-state index in [1.165, 1.54) is 16.8 Å². The predicted molar refractivity (Wildman–Crippen MR) is 113 cm³/mol. The van der Waals surface area contributed by atoms with E-state index in [9.17, 15) is 23.5 Å². The summed E-state index contributed by atoms with van der Waals surface area (Å²) in [6, 6.07) is 6.86. The number of aliphatic imine (C=N–C) groups is 1. The molecule has 1 aromatic carbocycles. The lowest BCUT2D eigenvalue weighted by atomic mass is 10.1. The number of aromatic nitrogens is 1. The third kappa shape index (κ3) is 3.33. The van der Waals surface area contributed by atoms with Crippen LogP contribution in [-0.4, -0.2) is 39.9 Å². The smallest absolute Gasteiger partial charge is 0.288 e. The summed E-state index contributed by atoms with van der Waals surface area (Å²) >= 11 is 0. The van der Waals surface area contributed by atoms with E-state index < -0.39 is 15.6 Å².